The van der Waals surface area contributed by atoms with Gasteiger partial charge in [-0.2, -0.15) is 4.57 Å². The summed E-state index contributed by atoms with van der Waals surface area (Å²) in [5, 5.41) is 0. The van der Waals surface area contributed by atoms with Crippen molar-refractivity contribution < 1.29 is 4.57 Å². The van der Waals surface area contributed by atoms with Crippen LogP contribution < -0.4 is 4.57 Å². The highest BCUT2D eigenvalue weighted by Crippen LogP contribution is 2.29. The summed E-state index contributed by atoms with van der Waals surface area (Å²) in [6.07, 6.45) is 4.22. The van der Waals surface area contributed by atoms with E-state index in [2.05, 4.69) is 127 Å². The summed E-state index contributed by atoms with van der Waals surface area (Å²) in [5.74, 6) is 0. The normalized spacial score (nSPS) is 11.0. The fraction of sp³-hybridized carbons (Fsp3) is 0.0385. The van der Waals surface area contributed by atoms with Gasteiger partial charge in [0.05, 0.1) is 0 Å². The molecule has 1 nitrogen and oxygen atoms in total. The Labute approximate surface area is 160 Å². The van der Waals surface area contributed by atoms with Crippen molar-refractivity contribution in [3.8, 4) is 33.6 Å². The Morgan fingerprint density at radius 1 is 0.519 bits per heavy atom. The molecule has 0 aliphatic heterocycles. The Morgan fingerprint density at radius 3 is 1.33 bits per heavy atom. The van der Waals surface area contributed by atoms with Crippen LogP contribution in [0.3, 0.4) is 0 Å². The maximum atomic E-state index is 2.27. The molecule has 0 N–H and O–H groups in total. The largest absolute Gasteiger partial charge is 0.219 e. The Balaban J connectivity index is 2.04. The number of benzene rings is 3. The van der Waals surface area contributed by atoms with Gasteiger partial charge in [-0.1, -0.05) is 66.7 Å². The summed E-state index contributed by atoms with van der Waals surface area (Å²) < 4.78 is 2.27. The standard InChI is InChI=1S/C26H22N/c1-2-18-27-25(22-14-8-4-9-15-22)19-24(21-12-6-3-7-13-21)20-26(27)23-16-10-5-11-17-23/h2-20H,1H3/q+1/b18-2+. The van der Waals surface area contributed by atoms with Crippen molar-refractivity contribution in [2.75, 3.05) is 0 Å². The van der Waals surface area contributed by atoms with Gasteiger partial charge in [0.25, 0.3) is 0 Å². The third-order valence-corrected chi connectivity index (χ3v) is 4.65. The molecule has 0 unspecified atom stereocenters. The Hall–Kier alpha value is -3.45. The lowest BCUT2D eigenvalue weighted by molar-refractivity contribution is -0.544. The molecular formula is C26H22N+. The average molecular weight is 348 g/mol. The number of nitrogens with zero attached hydrogens (tertiary/aromatic N) is 1. The molecule has 0 saturated carbocycles. The van der Waals surface area contributed by atoms with Crippen LogP contribution in [0.1, 0.15) is 6.92 Å². The van der Waals surface area contributed by atoms with Crippen LogP contribution in [0.2, 0.25) is 0 Å². The predicted octanol–water partition coefficient (Wildman–Crippen LogP) is 6.47. The second kappa shape index (κ2) is 7.84. The van der Waals surface area contributed by atoms with Gasteiger partial charge in [-0.25, -0.2) is 0 Å². The van der Waals surface area contributed by atoms with Crippen LogP contribution in [-0.4, -0.2) is 0 Å². The molecule has 4 aromatic rings. The number of allylic oxidation sites excluding steroid dienone is 1. The molecule has 130 valence electrons. The van der Waals surface area contributed by atoms with E-state index in [1.165, 1.54) is 33.6 Å². The van der Waals surface area contributed by atoms with Crippen LogP contribution in [0.5, 0.6) is 0 Å². The highest BCUT2D eigenvalue weighted by Gasteiger charge is 2.20. The van der Waals surface area contributed by atoms with E-state index in [1.54, 1.807) is 0 Å². The van der Waals surface area contributed by atoms with Gasteiger partial charge in [-0.3, -0.25) is 0 Å². The molecule has 27 heavy (non-hydrogen) atoms. The minimum atomic E-state index is 1.17. The van der Waals surface area contributed by atoms with E-state index < -0.39 is 0 Å². The fourth-order valence-corrected chi connectivity index (χ4v) is 3.37. The third-order valence-electron chi connectivity index (χ3n) is 4.65. The number of hydrogen-bond acceptors (Lipinski definition) is 0. The van der Waals surface area contributed by atoms with E-state index >= 15 is 0 Å². The van der Waals surface area contributed by atoms with Gasteiger partial charge in [-0.15, -0.1) is 0 Å². The van der Waals surface area contributed by atoms with E-state index in [-0.39, 0.29) is 0 Å². The number of aromatic nitrogens is 1. The van der Waals surface area contributed by atoms with Crippen LogP contribution in [-0.2, 0) is 0 Å². The summed E-state index contributed by atoms with van der Waals surface area (Å²) in [6, 6.07) is 36.3. The maximum absolute atomic E-state index is 2.27. The lowest BCUT2D eigenvalue weighted by Gasteiger charge is -2.10. The summed E-state index contributed by atoms with van der Waals surface area (Å²) in [7, 11) is 0. The molecule has 1 aromatic heterocycles. The maximum Gasteiger partial charge on any atom is 0.219 e. The molecule has 0 fully saturated rings. The first-order valence-corrected chi connectivity index (χ1v) is 9.25. The lowest BCUT2D eigenvalue weighted by Crippen LogP contribution is -2.32. The number of rotatable bonds is 4. The van der Waals surface area contributed by atoms with Crippen LogP contribution >= 0.6 is 0 Å². The van der Waals surface area contributed by atoms with Gasteiger partial charge in [0.2, 0.25) is 11.4 Å². The van der Waals surface area contributed by atoms with Gasteiger partial charge in [0.1, 0.15) is 0 Å². The SMILES string of the molecule is C/C=C/[n+]1c(-c2ccccc2)cc(-c2ccccc2)cc1-c1ccccc1. The molecule has 1 heterocycles. The van der Waals surface area contributed by atoms with Crippen molar-refractivity contribution in [1.82, 2.24) is 0 Å². The van der Waals surface area contributed by atoms with Crippen molar-refractivity contribution in [1.29, 1.82) is 0 Å². The minimum absolute atomic E-state index is 1.17. The fourth-order valence-electron chi connectivity index (χ4n) is 3.37. The molecule has 1 heteroatoms. The highest BCUT2D eigenvalue weighted by molar-refractivity contribution is 5.74. The zero-order chi connectivity index (χ0) is 18.5. The van der Waals surface area contributed by atoms with E-state index in [0.717, 1.165) is 0 Å². The van der Waals surface area contributed by atoms with E-state index in [9.17, 15) is 0 Å². The van der Waals surface area contributed by atoms with Crippen LogP contribution in [0.15, 0.2) is 109 Å². The van der Waals surface area contributed by atoms with Crippen LogP contribution in [0.25, 0.3) is 39.8 Å². The van der Waals surface area contributed by atoms with Gasteiger partial charge in [-0.05, 0) is 48.4 Å². The zero-order valence-electron chi connectivity index (χ0n) is 15.4. The molecule has 0 amide bonds. The average Bonchev–Trinajstić information content (AvgIpc) is 2.76. The van der Waals surface area contributed by atoms with Crippen molar-refractivity contribution >= 4 is 6.20 Å². The Kier molecular flexibility index (Phi) is 4.93. The molecule has 0 saturated heterocycles. The molecular weight excluding hydrogens is 326 g/mol. The van der Waals surface area contributed by atoms with Gasteiger partial charge >= 0.3 is 0 Å². The van der Waals surface area contributed by atoms with Crippen LogP contribution in [0, 0.1) is 0 Å². The second-order valence-corrected chi connectivity index (χ2v) is 6.46. The Morgan fingerprint density at radius 2 is 0.926 bits per heavy atom. The summed E-state index contributed by atoms with van der Waals surface area (Å²) in [6.45, 7) is 2.06. The third kappa shape index (κ3) is 3.58. The molecule has 0 aliphatic rings. The van der Waals surface area contributed by atoms with Crippen molar-refractivity contribution in [2.24, 2.45) is 0 Å². The van der Waals surface area contributed by atoms with Crippen molar-refractivity contribution in [2.45, 2.75) is 6.92 Å². The van der Waals surface area contributed by atoms with Gasteiger partial charge < -0.3 is 0 Å². The van der Waals surface area contributed by atoms with E-state index in [4.69, 9.17) is 0 Å². The summed E-state index contributed by atoms with van der Waals surface area (Å²) >= 11 is 0. The van der Waals surface area contributed by atoms with Crippen LogP contribution in [0.4, 0.5) is 0 Å². The molecule has 4 rings (SSSR count). The first-order chi connectivity index (χ1) is 13.4. The van der Waals surface area contributed by atoms with Gasteiger partial charge in [0.15, 0.2) is 6.20 Å². The highest BCUT2D eigenvalue weighted by atomic mass is 15.0. The first-order valence-electron chi connectivity index (χ1n) is 9.25. The molecule has 0 atom stereocenters. The number of pyridine rings is 1. The summed E-state index contributed by atoms with van der Waals surface area (Å²) in [5.41, 5.74) is 7.19. The Bertz CT molecular complexity index is 989. The van der Waals surface area contributed by atoms with Gasteiger partial charge in [0, 0.05) is 23.3 Å². The van der Waals surface area contributed by atoms with Crippen molar-refractivity contribution in [3.05, 3.63) is 109 Å². The van der Waals surface area contributed by atoms with Crippen molar-refractivity contribution in [3.63, 3.8) is 0 Å². The monoisotopic (exact) mass is 348 g/mol. The molecule has 0 spiro atoms. The zero-order valence-corrected chi connectivity index (χ0v) is 15.4. The number of hydrogen-bond donors (Lipinski definition) is 0. The van der Waals surface area contributed by atoms with E-state index in [0.29, 0.717) is 0 Å². The lowest BCUT2D eigenvalue weighted by atomic mass is 9.99. The smallest absolute Gasteiger partial charge is 0.160 e. The molecule has 0 aliphatic carbocycles. The quantitative estimate of drug-likeness (QED) is 0.372. The molecule has 3 aromatic carbocycles. The van der Waals surface area contributed by atoms with E-state index in [1.807, 2.05) is 0 Å². The molecule has 0 bridgehead atoms. The second-order valence-electron chi connectivity index (χ2n) is 6.46. The minimum Gasteiger partial charge on any atom is -0.160 e. The first kappa shape index (κ1) is 17.0. The molecule has 0 radical (unpaired) electrons. The topological polar surface area (TPSA) is 3.88 Å². The summed E-state index contributed by atoms with van der Waals surface area (Å²) in [4.78, 5) is 0. The predicted molar refractivity (Wildman–Crippen MR) is 114 cm³/mol.